The molecular weight excluding hydrogens is 282 g/mol. The van der Waals surface area contributed by atoms with Gasteiger partial charge in [0.15, 0.2) is 11.6 Å². The van der Waals surface area contributed by atoms with E-state index in [2.05, 4.69) is 5.32 Å². The molecule has 0 heterocycles. The minimum atomic E-state index is -1.10. The van der Waals surface area contributed by atoms with E-state index < -0.39 is 22.2 Å². The van der Waals surface area contributed by atoms with Crippen LogP contribution in [0.15, 0.2) is 12.1 Å². The predicted octanol–water partition coefficient (Wildman–Crippen LogP) is 3.03. The zero-order valence-corrected chi connectivity index (χ0v) is 12.2. The summed E-state index contributed by atoms with van der Waals surface area (Å²) in [6.45, 7) is 6.78. The predicted molar refractivity (Wildman–Crippen MR) is 73.3 cm³/mol. The van der Waals surface area contributed by atoms with Crippen LogP contribution in [0.3, 0.4) is 0 Å². The second-order valence-electron chi connectivity index (χ2n) is 5.76. The van der Waals surface area contributed by atoms with E-state index in [1.165, 1.54) is 0 Å². The smallest absolute Gasteiger partial charge is 0.307 e. The van der Waals surface area contributed by atoms with Crippen molar-refractivity contribution in [2.45, 2.75) is 39.3 Å². The lowest BCUT2D eigenvalue weighted by Gasteiger charge is -2.51. The summed E-state index contributed by atoms with van der Waals surface area (Å²) in [4.78, 5) is 9.58. The number of nitro benzene ring substituents is 1. The first-order chi connectivity index (χ1) is 9.77. The van der Waals surface area contributed by atoms with E-state index in [0.29, 0.717) is 12.5 Å². The Kier molecular flexibility index (Phi) is 4.13. The Morgan fingerprint density at radius 3 is 2.62 bits per heavy atom. The largest absolute Gasteiger partial charge is 0.487 e. The minimum Gasteiger partial charge on any atom is -0.487 e. The molecule has 7 heteroatoms. The lowest BCUT2D eigenvalue weighted by molar-refractivity contribution is -0.387. The van der Waals surface area contributed by atoms with Crippen molar-refractivity contribution in [1.29, 1.82) is 0 Å². The Hall–Kier alpha value is -1.76. The van der Waals surface area contributed by atoms with Gasteiger partial charge in [-0.25, -0.2) is 4.39 Å². The normalized spacial score (nSPS) is 23.5. The number of nitrogens with zero attached hydrogens (tertiary/aromatic N) is 1. The lowest BCUT2D eigenvalue weighted by Crippen LogP contribution is -2.62. The zero-order valence-electron chi connectivity index (χ0n) is 12.2. The molecule has 21 heavy (non-hydrogen) atoms. The van der Waals surface area contributed by atoms with Gasteiger partial charge >= 0.3 is 5.69 Å². The first-order valence-electron chi connectivity index (χ1n) is 6.80. The maximum absolute atomic E-state index is 13.8. The number of benzene rings is 1. The highest BCUT2D eigenvalue weighted by atomic mass is 19.1. The van der Waals surface area contributed by atoms with E-state index in [1.54, 1.807) is 0 Å². The number of hydrogen-bond acceptors (Lipinski definition) is 4. The molecule has 2 atom stereocenters. The summed E-state index contributed by atoms with van der Waals surface area (Å²) in [6, 6.07) is 1.54. The van der Waals surface area contributed by atoms with Gasteiger partial charge in [-0.05, 0) is 6.54 Å². The Balaban J connectivity index is 2.15. The van der Waals surface area contributed by atoms with Gasteiger partial charge < -0.3 is 10.1 Å². The van der Waals surface area contributed by atoms with Crippen molar-refractivity contribution in [2.24, 2.45) is 5.41 Å². The average molecular weight is 300 g/mol. The van der Waals surface area contributed by atoms with Crippen LogP contribution < -0.4 is 10.1 Å². The second kappa shape index (κ2) is 5.55. The average Bonchev–Trinajstić information content (AvgIpc) is 2.40. The van der Waals surface area contributed by atoms with E-state index in [0.717, 1.165) is 12.6 Å². The van der Waals surface area contributed by atoms with Crippen LogP contribution in [0.25, 0.3) is 0 Å². The van der Waals surface area contributed by atoms with Crippen LogP contribution in [0.4, 0.5) is 14.5 Å². The van der Waals surface area contributed by atoms with Gasteiger partial charge in [0.25, 0.3) is 0 Å². The topological polar surface area (TPSA) is 64.4 Å². The van der Waals surface area contributed by atoms with Crippen molar-refractivity contribution in [1.82, 2.24) is 5.32 Å². The molecule has 0 bridgehead atoms. The molecule has 1 aliphatic rings. The Labute approximate surface area is 121 Å². The molecule has 0 amide bonds. The van der Waals surface area contributed by atoms with Crippen molar-refractivity contribution in [3.05, 3.63) is 33.9 Å². The van der Waals surface area contributed by atoms with E-state index in [9.17, 15) is 18.9 Å². The van der Waals surface area contributed by atoms with Crippen LogP contribution in [0, 0.1) is 27.2 Å². The summed E-state index contributed by atoms with van der Waals surface area (Å²) < 4.78 is 32.9. The first kappa shape index (κ1) is 15.6. The SMILES string of the molecule is CCNC1CC(Oc2cc(F)c([N+](=O)[O-])cc2F)C1(C)C. The number of rotatable bonds is 5. The molecule has 0 aliphatic heterocycles. The number of hydrogen-bond donors (Lipinski definition) is 1. The molecule has 116 valence electrons. The van der Waals surface area contributed by atoms with Gasteiger partial charge in [0.1, 0.15) is 6.10 Å². The van der Waals surface area contributed by atoms with Crippen molar-refractivity contribution in [3.63, 3.8) is 0 Å². The molecule has 2 rings (SSSR count). The summed E-state index contributed by atoms with van der Waals surface area (Å²) in [5.74, 6) is -2.31. The summed E-state index contributed by atoms with van der Waals surface area (Å²) >= 11 is 0. The molecule has 0 saturated heterocycles. The molecule has 5 nitrogen and oxygen atoms in total. The first-order valence-corrected chi connectivity index (χ1v) is 6.80. The van der Waals surface area contributed by atoms with Gasteiger partial charge in [-0.3, -0.25) is 10.1 Å². The number of nitro groups is 1. The van der Waals surface area contributed by atoms with E-state index in [4.69, 9.17) is 4.74 Å². The van der Waals surface area contributed by atoms with Crippen LogP contribution in [0.1, 0.15) is 27.2 Å². The van der Waals surface area contributed by atoms with Crippen molar-refractivity contribution >= 4 is 5.69 Å². The van der Waals surface area contributed by atoms with Gasteiger partial charge in [0, 0.05) is 23.9 Å². The second-order valence-corrected chi connectivity index (χ2v) is 5.76. The highest BCUT2D eigenvalue weighted by molar-refractivity contribution is 5.39. The van der Waals surface area contributed by atoms with Gasteiger partial charge in [-0.1, -0.05) is 20.8 Å². The van der Waals surface area contributed by atoms with Gasteiger partial charge in [0.2, 0.25) is 5.82 Å². The molecule has 1 saturated carbocycles. The molecule has 0 radical (unpaired) electrons. The molecule has 1 fully saturated rings. The lowest BCUT2D eigenvalue weighted by atomic mass is 9.64. The Bertz CT molecular complexity index is 563. The third-order valence-corrected chi connectivity index (χ3v) is 4.10. The van der Waals surface area contributed by atoms with Crippen LogP contribution >= 0.6 is 0 Å². The Morgan fingerprint density at radius 2 is 2.10 bits per heavy atom. The van der Waals surface area contributed by atoms with Gasteiger partial charge in [-0.2, -0.15) is 4.39 Å². The number of nitrogens with one attached hydrogen (secondary N) is 1. The van der Waals surface area contributed by atoms with Crippen LogP contribution in [0.2, 0.25) is 0 Å². The fourth-order valence-corrected chi connectivity index (χ4v) is 2.58. The van der Waals surface area contributed by atoms with Gasteiger partial charge in [0.05, 0.1) is 11.0 Å². The minimum absolute atomic E-state index is 0.222. The van der Waals surface area contributed by atoms with E-state index >= 15 is 0 Å². The summed E-state index contributed by atoms with van der Waals surface area (Å²) in [5, 5.41) is 13.8. The van der Waals surface area contributed by atoms with E-state index in [1.807, 2.05) is 20.8 Å². The quantitative estimate of drug-likeness (QED) is 0.670. The Morgan fingerprint density at radius 1 is 1.43 bits per heavy atom. The number of ether oxygens (including phenoxy) is 1. The van der Waals surface area contributed by atoms with Gasteiger partial charge in [-0.15, -0.1) is 0 Å². The van der Waals surface area contributed by atoms with Crippen LogP contribution in [-0.4, -0.2) is 23.6 Å². The van der Waals surface area contributed by atoms with E-state index in [-0.39, 0.29) is 23.3 Å². The maximum atomic E-state index is 13.8. The molecule has 2 unspecified atom stereocenters. The third kappa shape index (κ3) is 2.83. The molecule has 1 aromatic rings. The molecule has 1 aromatic carbocycles. The summed E-state index contributed by atoms with van der Waals surface area (Å²) in [6.07, 6.45) is 0.413. The molecule has 1 aliphatic carbocycles. The zero-order chi connectivity index (χ0) is 15.8. The molecule has 0 aromatic heterocycles. The fourth-order valence-electron chi connectivity index (χ4n) is 2.58. The molecular formula is C14H18F2N2O3. The maximum Gasteiger partial charge on any atom is 0.307 e. The highest BCUT2D eigenvalue weighted by Crippen LogP contribution is 2.43. The standard InChI is InChI=1S/C14H18F2N2O3/c1-4-17-12-7-13(14(12,2)3)21-11-6-8(15)10(18(19)20)5-9(11)16/h5-6,12-13,17H,4,7H2,1-3H3. The van der Waals surface area contributed by atoms with Crippen LogP contribution in [0.5, 0.6) is 5.75 Å². The van der Waals surface area contributed by atoms with Crippen molar-refractivity contribution in [3.8, 4) is 5.75 Å². The van der Waals surface area contributed by atoms with Crippen molar-refractivity contribution in [2.75, 3.05) is 6.54 Å². The highest BCUT2D eigenvalue weighted by Gasteiger charge is 2.49. The molecule has 0 spiro atoms. The summed E-state index contributed by atoms with van der Waals surface area (Å²) in [5.41, 5.74) is -1.11. The van der Waals surface area contributed by atoms with Crippen molar-refractivity contribution < 1.29 is 18.4 Å². The fraction of sp³-hybridized carbons (Fsp3) is 0.571. The molecule has 1 N–H and O–H groups in total. The summed E-state index contributed by atoms with van der Waals surface area (Å²) in [7, 11) is 0. The third-order valence-electron chi connectivity index (χ3n) is 4.10. The number of halogens is 2. The van der Waals surface area contributed by atoms with Crippen LogP contribution in [-0.2, 0) is 0 Å². The monoisotopic (exact) mass is 300 g/mol.